The van der Waals surface area contributed by atoms with Crippen molar-refractivity contribution in [2.75, 3.05) is 38.7 Å². The summed E-state index contributed by atoms with van der Waals surface area (Å²) in [5.41, 5.74) is 4.52. The van der Waals surface area contributed by atoms with E-state index in [0.717, 1.165) is 22.1 Å². The molecule has 34 heavy (non-hydrogen) atoms. The van der Waals surface area contributed by atoms with Crippen molar-refractivity contribution in [3.05, 3.63) is 42.0 Å². The van der Waals surface area contributed by atoms with Crippen LogP contribution in [0.25, 0.3) is 33.3 Å². The van der Waals surface area contributed by atoms with Crippen LogP contribution in [-0.2, 0) is 18.3 Å². The predicted octanol–water partition coefficient (Wildman–Crippen LogP) is 2.56. The molecule has 1 aromatic carbocycles. The number of nitrogens with one attached hydrogen (secondary N) is 3. The number of hydrogen-bond donors (Lipinski definition) is 3. The largest absolute Gasteiger partial charge is 0.378 e. The molecule has 174 valence electrons. The number of aryl methyl sites for hydroxylation is 1. The van der Waals surface area contributed by atoms with Crippen molar-refractivity contribution >= 4 is 33.8 Å². The molecular weight excluding hydrogens is 437 g/mol. The average Bonchev–Trinajstić information content (AvgIpc) is 3.45. The maximum atomic E-state index is 14.6. The van der Waals surface area contributed by atoms with Crippen LogP contribution in [0, 0.1) is 17.3 Å². The van der Waals surface area contributed by atoms with E-state index in [0.29, 0.717) is 54.9 Å². The van der Waals surface area contributed by atoms with Crippen molar-refractivity contribution in [1.82, 2.24) is 29.7 Å². The van der Waals surface area contributed by atoms with E-state index >= 15 is 0 Å². The van der Waals surface area contributed by atoms with Gasteiger partial charge in [0.2, 0.25) is 5.96 Å². The fourth-order valence-electron chi connectivity index (χ4n) is 4.24. The minimum atomic E-state index is -0.364. The summed E-state index contributed by atoms with van der Waals surface area (Å²) in [6.45, 7) is 2.65. The highest BCUT2D eigenvalue weighted by molar-refractivity contribution is 6.07. The molecular formula is C23H24FN9O. The molecule has 10 nitrogen and oxygen atoms in total. The minimum absolute atomic E-state index is 0.223. The Morgan fingerprint density at radius 1 is 1.29 bits per heavy atom. The Morgan fingerprint density at radius 3 is 2.88 bits per heavy atom. The van der Waals surface area contributed by atoms with Gasteiger partial charge in [0.15, 0.2) is 12.0 Å². The van der Waals surface area contributed by atoms with E-state index in [2.05, 4.69) is 30.6 Å². The zero-order valence-corrected chi connectivity index (χ0v) is 18.9. The summed E-state index contributed by atoms with van der Waals surface area (Å²) in [5.74, 6) is 0.771. The van der Waals surface area contributed by atoms with Gasteiger partial charge in [0, 0.05) is 43.8 Å². The van der Waals surface area contributed by atoms with Crippen molar-refractivity contribution in [2.45, 2.75) is 6.54 Å². The first-order valence-electron chi connectivity index (χ1n) is 10.9. The third-order valence-corrected chi connectivity index (χ3v) is 5.83. The number of fused-ring (bicyclic) bond motifs is 3. The molecule has 11 heteroatoms. The molecule has 0 radical (unpaired) electrons. The molecule has 4 aromatic rings. The van der Waals surface area contributed by atoms with Gasteiger partial charge in [-0.1, -0.05) is 0 Å². The first kappa shape index (κ1) is 21.7. The van der Waals surface area contributed by atoms with E-state index in [1.807, 2.05) is 34.8 Å². The lowest BCUT2D eigenvalue weighted by molar-refractivity contribution is 0.0668. The highest BCUT2D eigenvalue weighted by Gasteiger charge is 2.17. The minimum Gasteiger partial charge on any atom is -0.378 e. The lowest BCUT2D eigenvalue weighted by Crippen LogP contribution is -2.46. The van der Waals surface area contributed by atoms with Crippen LogP contribution in [0.5, 0.6) is 0 Å². The number of nitriles is 1. The Labute approximate surface area is 195 Å². The smallest absolute Gasteiger partial charge is 0.207 e. The lowest BCUT2D eigenvalue weighted by atomic mass is 10.1. The number of aliphatic imine (C=N–C) groups is 1. The number of nitrogens with zero attached hydrogens (tertiary/aromatic N) is 6. The number of aromatic amines is 1. The zero-order chi connectivity index (χ0) is 23.7. The van der Waals surface area contributed by atoms with Crippen LogP contribution in [0.1, 0.15) is 5.56 Å². The molecule has 0 unspecified atom stereocenters. The van der Waals surface area contributed by atoms with Gasteiger partial charge in [-0.2, -0.15) is 5.26 Å². The van der Waals surface area contributed by atoms with Crippen molar-refractivity contribution in [3.63, 3.8) is 0 Å². The molecule has 3 N–H and O–H groups in total. The number of hydrogen-bond acceptors (Lipinski definition) is 6. The van der Waals surface area contributed by atoms with Crippen LogP contribution in [0.2, 0.25) is 0 Å². The Bertz CT molecular complexity index is 1430. The van der Waals surface area contributed by atoms with Crippen LogP contribution in [0.15, 0.2) is 35.6 Å². The second-order valence-electron chi connectivity index (χ2n) is 8.03. The second kappa shape index (κ2) is 8.99. The first-order valence-corrected chi connectivity index (χ1v) is 10.9. The molecule has 1 aliphatic rings. The fraction of sp³-hybridized carbons (Fsp3) is 0.304. The predicted molar refractivity (Wildman–Crippen MR) is 128 cm³/mol. The number of aromatic nitrogens is 4. The Hall–Kier alpha value is -4.17. The van der Waals surface area contributed by atoms with Gasteiger partial charge < -0.3 is 24.5 Å². The SMILES string of the molecule is CNc1nc2[nH]c(-c3cc(F)cc(CN=C(NC#N)N4CCOCC4)c3)cc2c2c1ncn2C. The first-order chi connectivity index (χ1) is 16.6. The van der Waals surface area contributed by atoms with Gasteiger partial charge in [0.25, 0.3) is 0 Å². The maximum absolute atomic E-state index is 14.6. The van der Waals surface area contributed by atoms with Crippen LogP contribution < -0.4 is 10.6 Å². The molecule has 1 saturated heterocycles. The van der Waals surface area contributed by atoms with Gasteiger partial charge in [-0.3, -0.25) is 5.32 Å². The van der Waals surface area contributed by atoms with Gasteiger partial charge in [-0.05, 0) is 29.8 Å². The number of imidazole rings is 1. The van der Waals surface area contributed by atoms with Crippen LogP contribution in [-0.4, -0.2) is 63.7 Å². The molecule has 3 aromatic heterocycles. The van der Waals surface area contributed by atoms with Crippen molar-refractivity contribution in [1.29, 1.82) is 5.26 Å². The third kappa shape index (κ3) is 3.99. The van der Waals surface area contributed by atoms with Crippen LogP contribution in [0.3, 0.4) is 0 Å². The maximum Gasteiger partial charge on any atom is 0.207 e. The van der Waals surface area contributed by atoms with Gasteiger partial charge in [0.1, 0.15) is 17.0 Å². The van der Waals surface area contributed by atoms with Crippen LogP contribution in [0.4, 0.5) is 10.2 Å². The third-order valence-electron chi connectivity index (χ3n) is 5.83. The molecule has 0 spiro atoms. The number of pyridine rings is 1. The number of rotatable bonds is 4. The number of ether oxygens (including phenoxy) is 1. The molecule has 5 rings (SSSR count). The molecule has 0 atom stereocenters. The van der Waals surface area contributed by atoms with E-state index in [1.54, 1.807) is 13.4 Å². The molecule has 0 amide bonds. The number of guanidine groups is 1. The summed E-state index contributed by atoms with van der Waals surface area (Å²) in [6.07, 6.45) is 3.68. The van der Waals surface area contributed by atoms with E-state index in [9.17, 15) is 4.39 Å². The number of benzene rings is 1. The quantitative estimate of drug-likeness (QED) is 0.185. The number of H-pyrrole nitrogens is 1. The second-order valence-corrected chi connectivity index (χ2v) is 8.03. The van der Waals surface area contributed by atoms with Gasteiger partial charge in [-0.15, -0.1) is 0 Å². The van der Waals surface area contributed by atoms with E-state index in [-0.39, 0.29) is 12.4 Å². The number of morpholine rings is 1. The lowest BCUT2D eigenvalue weighted by Gasteiger charge is -2.28. The number of halogens is 1. The molecule has 1 fully saturated rings. The summed E-state index contributed by atoms with van der Waals surface area (Å²) in [6, 6.07) is 6.79. The highest BCUT2D eigenvalue weighted by Crippen LogP contribution is 2.32. The Kier molecular flexibility index (Phi) is 5.73. The summed E-state index contributed by atoms with van der Waals surface area (Å²) < 4.78 is 21.9. The standard InChI is InChI=1S/C23H24FN9O/c1-26-22-19-20(32(2)13-29-19)17-10-18(30-21(17)31-22)15-7-14(8-16(24)9-15)11-27-23(28-12-25)33-3-5-34-6-4-33/h7-10,13H,3-6,11H2,1-2H3,(H,27,28)(H2,26,30,31). The summed E-state index contributed by atoms with van der Waals surface area (Å²) in [4.78, 5) is 18.9. The monoisotopic (exact) mass is 461 g/mol. The molecule has 0 saturated carbocycles. The molecule has 0 bridgehead atoms. The van der Waals surface area contributed by atoms with E-state index < -0.39 is 0 Å². The van der Waals surface area contributed by atoms with Crippen molar-refractivity contribution in [2.24, 2.45) is 12.0 Å². The molecule has 1 aliphatic heterocycles. The van der Waals surface area contributed by atoms with Crippen molar-refractivity contribution < 1.29 is 9.13 Å². The number of anilines is 1. The summed E-state index contributed by atoms with van der Waals surface area (Å²) in [5, 5.41) is 15.7. The molecule has 0 aliphatic carbocycles. The van der Waals surface area contributed by atoms with Crippen LogP contribution >= 0.6 is 0 Å². The normalized spacial score (nSPS) is 14.5. The fourth-order valence-corrected chi connectivity index (χ4v) is 4.24. The van der Waals surface area contributed by atoms with Gasteiger partial charge in [-0.25, -0.2) is 19.4 Å². The topological polar surface area (TPSA) is 119 Å². The Morgan fingerprint density at radius 2 is 2.12 bits per heavy atom. The molecule has 4 heterocycles. The van der Waals surface area contributed by atoms with E-state index in [4.69, 9.17) is 10.00 Å². The zero-order valence-electron chi connectivity index (χ0n) is 18.9. The summed E-state index contributed by atoms with van der Waals surface area (Å²) >= 11 is 0. The van der Waals surface area contributed by atoms with Gasteiger partial charge in [0.05, 0.1) is 31.6 Å². The van der Waals surface area contributed by atoms with Crippen molar-refractivity contribution in [3.8, 4) is 17.5 Å². The van der Waals surface area contributed by atoms with Gasteiger partial charge >= 0.3 is 0 Å². The summed E-state index contributed by atoms with van der Waals surface area (Å²) in [7, 11) is 3.73. The Balaban J connectivity index is 1.51. The highest BCUT2D eigenvalue weighted by atomic mass is 19.1. The average molecular weight is 462 g/mol. The van der Waals surface area contributed by atoms with E-state index in [1.165, 1.54) is 12.1 Å².